The van der Waals surface area contributed by atoms with Gasteiger partial charge in [-0.1, -0.05) is 60.7 Å². The third-order valence-corrected chi connectivity index (χ3v) is 4.45. The van der Waals surface area contributed by atoms with Gasteiger partial charge in [-0.15, -0.1) is 11.3 Å². The molecule has 1 unspecified atom stereocenters. The summed E-state index contributed by atoms with van der Waals surface area (Å²) in [7, 11) is 0. The Kier molecular flexibility index (Phi) is 6.17. The molecule has 2 aromatic carbocycles. The van der Waals surface area contributed by atoms with Gasteiger partial charge in [0, 0.05) is 5.38 Å². The molecule has 0 fully saturated rings. The van der Waals surface area contributed by atoms with Gasteiger partial charge in [-0.3, -0.25) is 9.59 Å². The molecule has 3 rings (SSSR count). The normalized spacial score (nSPS) is 11.5. The van der Waals surface area contributed by atoms with Crippen LogP contribution in [-0.4, -0.2) is 11.9 Å². The molecule has 0 aliphatic heterocycles. The van der Waals surface area contributed by atoms with E-state index in [1.54, 1.807) is 11.4 Å². The Labute approximate surface area is 156 Å². The van der Waals surface area contributed by atoms with E-state index in [-0.39, 0.29) is 13.0 Å². The van der Waals surface area contributed by atoms with Crippen LogP contribution in [0.3, 0.4) is 0 Å². The third kappa shape index (κ3) is 5.04. The Morgan fingerprint density at radius 2 is 1.50 bits per heavy atom. The summed E-state index contributed by atoms with van der Waals surface area (Å²) in [5, 5.41) is 3.52. The van der Waals surface area contributed by atoms with Crippen molar-refractivity contribution >= 4 is 23.3 Å². The number of esters is 2. The number of benzene rings is 2. The van der Waals surface area contributed by atoms with Crippen molar-refractivity contribution < 1.29 is 19.1 Å². The maximum absolute atomic E-state index is 12.6. The lowest BCUT2D eigenvalue weighted by molar-refractivity contribution is -0.158. The van der Waals surface area contributed by atoms with Crippen LogP contribution in [0.1, 0.15) is 11.1 Å². The number of thiophene rings is 1. The lowest BCUT2D eigenvalue weighted by Gasteiger charge is -2.15. The van der Waals surface area contributed by atoms with E-state index in [4.69, 9.17) is 9.47 Å². The zero-order valence-electron chi connectivity index (χ0n) is 14.0. The molecule has 0 amide bonds. The van der Waals surface area contributed by atoms with Gasteiger partial charge in [0.15, 0.2) is 5.92 Å². The van der Waals surface area contributed by atoms with Gasteiger partial charge in [-0.2, -0.15) is 0 Å². The van der Waals surface area contributed by atoms with Crippen LogP contribution in [0.2, 0.25) is 0 Å². The van der Waals surface area contributed by atoms with E-state index in [0.29, 0.717) is 5.75 Å². The molecule has 0 saturated carbocycles. The molecule has 26 heavy (non-hydrogen) atoms. The molecule has 0 aliphatic carbocycles. The summed E-state index contributed by atoms with van der Waals surface area (Å²) in [5.41, 5.74) is 1.74. The van der Waals surface area contributed by atoms with Crippen LogP contribution in [0.5, 0.6) is 5.75 Å². The molecule has 0 radical (unpaired) electrons. The van der Waals surface area contributed by atoms with E-state index in [1.807, 2.05) is 66.0 Å². The summed E-state index contributed by atoms with van der Waals surface area (Å²) < 4.78 is 10.7. The maximum atomic E-state index is 12.6. The zero-order valence-corrected chi connectivity index (χ0v) is 14.9. The van der Waals surface area contributed by atoms with Crippen molar-refractivity contribution in [2.24, 2.45) is 5.92 Å². The number of hydrogen-bond donors (Lipinski definition) is 0. The molecule has 0 saturated heterocycles. The standard InChI is InChI=1S/C21H18O4S/c22-20(24-14-17-9-5-2-6-10-17)19(13-16-7-3-1-4-8-16)21(23)25-18-11-12-26-15-18/h1-12,15,19H,13-14H2. The summed E-state index contributed by atoms with van der Waals surface area (Å²) in [6, 6.07) is 20.4. The van der Waals surface area contributed by atoms with Crippen molar-refractivity contribution in [3.63, 3.8) is 0 Å². The number of ether oxygens (including phenoxy) is 2. The highest BCUT2D eigenvalue weighted by Crippen LogP contribution is 2.19. The second-order valence-corrected chi connectivity index (χ2v) is 6.50. The zero-order chi connectivity index (χ0) is 18.2. The Morgan fingerprint density at radius 1 is 0.846 bits per heavy atom. The van der Waals surface area contributed by atoms with E-state index >= 15 is 0 Å². The lowest BCUT2D eigenvalue weighted by Crippen LogP contribution is -2.31. The minimum atomic E-state index is -1.01. The summed E-state index contributed by atoms with van der Waals surface area (Å²) in [6.45, 7) is 0.122. The number of hydrogen-bond acceptors (Lipinski definition) is 5. The first-order valence-corrected chi connectivity index (χ1v) is 9.15. The molecule has 0 bridgehead atoms. The van der Waals surface area contributed by atoms with Gasteiger partial charge >= 0.3 is 11.9 Å². The van der Waals surface area contributed by atoms with E-state index in [1.165, 1.54) is 11.3 Å². The van der Waals surface area contributed by atoms with Gasteiger partial charge in [0.05, 0.1) is 0 Å². The first-order chi connectivity index (χ1) is 12.7. The Hall–Kier alpha value is -2.92. The predicted octanol–water partition coefficient (Wildman–Crippen LogP) is 4.26. The monoisotopic (exact) mass is 366 g/mol. The highest BCUT2D eigenvalue weighted by atomic mass is 32.1. The number of rotatable bonds is 7. The van der Waals surface area contributed by atoms with Gasteiger partial charge in [-0.05, 0) is 29.0 Å². The Bertz CT molecular complexity index is 829. The molecule has 5 heteroatoms. The smallest absolute Gasteiger partial charge is 0.326 e. The van der Waals surface area contributed by atoms with Crippen LogP contribution < -0.4 is 4.74 Å². The molecule has 0 aliphatic rings. The van der Waals surface area contributed by atoms with Crippen molar-refractivity contribution in [2.45, 2.75) is 13.0 Å². The second kappa shape index (κ2) is 8.97. The van der Waals surface area contributed by atoms with Crippen molar-refractivity contribution in [3.8, 4) is 5.75 Å². The molecule has 0 N–H and O–H groups in total. The van der Waals surface area contributed by atoms with Crippen LogP contribution in [0.25, 0.3) is 0 Å². The maximum Gasteiger partial charge on any atom is 0.326 e. The van der Waals surface area contributed by atoms with Crippen LogP contribution in [0, 0.1) is 5.92 Å². The largest absolute Gasteiger partial charge is 0.460 e. The van der Waals surface area contributed by atoms with E-state index in [2.05, 4.69) is 0 Å². The fourth-order valence-corrected chi connectivity index (χ4v) is 2.99. The summed E-state index contributed by atoms with van der Waals surface area (Å²) in [4.78, 5) is 25.1. The second-order valence-electron chi connectivity index (χ2n) is 5.72. The van der Waals surface area contributed by atoms with Crippen LogP contribution in [0.4, 0.5) is 0 Å². The molecule has 3 aromatic rings. The molecular formula is C21H18O4S. The number of carbonyl (C=O) groups is 2. The molecular weight excluding hydrogens is 348 g/mol. The molecule has 1 heterocycles. The molecule has 0 spiro atoms. The quantitative estimate of drug-likeness (QED) is 0.463. The molecule has 1 aromatic heterocycles. The van der Waals surface area contributed by atoms with E-state index in [0.717, 1.165) is 11.1 Å². The summed E-state index contributed by atoms with van der Waals surface area (Å²) in [6.07, 6.45) is 0.234. The van der Waals surface area contributed by atoms with Crippen molar-refractivity contribution in [1.82, 2.24) is 0 Å². The van der Waals surface area contributed by atoms with Crippen molar-refractivity contribution in [3.05, 3.63) is 88.6 Å². The molecule has 132 valence electrons. The Balaban J connectivity index is 1.70. The third-order valence-electron chi connectivity index (χ3n) is 3.79. The number of carbonyl (C=O) groups excluding carboxylic acids is 2. The van der Waals surface area contributed by atoms with E-state index < -0.39 is 17.9 Å². The highest BCUT2D eigenvalue weighted by molar-refractivity contribution is 7.08. The topological polar surface area (TPSA) is 52.6 Å². The average Bonchev–Trinajstić information content (AvgIpc) is 3.19. The fraction of sp³-hybridized carbons (Fsp3) is 0.143. The van der Waals surface area contributed by atoms with Crippen molar-refractivity contribution in [2.75, 3.05) is 0 Å². The van der Waals surface area contributed by atoms with Gasteiger partial charge in [-0.25, -0.2) is 0 Å². The Morgan fingerprint density at radius 3 is 2.12 bits per heavy atom. The fourth-order valence-electron chi connectivity index (χ4n) is 2.44. The lowest BCUT2D eigenvalue weighted by atomic mass is 9.99. The van der Waals surface area contributed by atoms with Gasteiger partial charge < -0.3 is 9.47 Å². The predicted molar refractivity (Wildman–Crippen MR) is 99.8 cm³/mol. The van der Waals surface area contributed by atoms with Gasteiger partial charge in [0.1, 0.15) is 12.4 Å². The van der Waals surface area contributed by atoms with Gasteiger partial charge in [0.25, 0.3) is 0 Å². The van der Waals surface area contributed by atoms with Crippen molar-refractivity contribution in [1.29, 1.82) is 0 Å². The minimum absolute atomic E-state index is 0.122. The molecule has 1 atom stereocenters. The summed E-state index contributed by atoms with van der Waals surface area (Å²) in [5.74, 6) is -1.77. The summed E-state index contributed by atoms with van der Waals surface area (Å²) >= 11 is 1.42. The average molecular weight is 366 g/mol. The van der Waals surface area contributed by atoms with Crippen LogP contribution in [-0.2, 0) is 27.4 Å². The van der Waals surface area contributed by atoms with Crippen LogP contribution >= 0.6 is 11.3 Å². The molecule has 4 nitrogen and oxygen atoms in total. The minimum Gasteiger partial charge on any atom is -0.460 e. The first-order valence-electron chi connectivity index (χ1n) is 8.21. The highest BCUT2D eigenvalue weighted by Gasteiger charge is 2.30. The SMILES string of the molecule is O=C(OCc1ccccc1)C(Cc1ccccc1)C(=O)Oc1ccsc1. The van der Waals surface area contributed by atoms with Crippen LogP contribution in [0.15, 0.2) is 77.5 Å². The van der Waals surface area contributed by atoms with E-state index in [9.17, 15) is 9.59 Å². The first kappa shape index (κ1) is 17.9. The van der Waals surface area contributed by atoms with Gasteiger partial charge in [0.2, 0.25) is 0 Å².